The van der Waals surface area contributed by atoms with Crippen molar-refractivity contribution in [1.29, 1.82) is 0 Å². The number of imidazole rings is 1. The van der Waals surface area contributed by atoms with Crippen molar-refractivity contribution in [2.75, 3.05) is 7.05 Å². The van der Waals surface area contributed by atoms with Crippen molar-refractivity contribution >= 4 is 32.9 Å². The van der Waals surface area contributed by atoms with Gasteiger partial charge in [-0.3, -0.25) is 4.79 Å². The number of para-hydroxylation sites is 2. The summed E-state index contributed by atoms with van der Waals surface area (Å²) in [5.41, 5.74) is 4.08. The Bertz CT molecular complexity index is 1160. The molecule has 1 aliphatic carbocycles. The van der Waals surface area contributed by atoms with Crippen LogP contribution in [0.25, 0.3) is 16.7 Å². The maximum absolute atomic E-state index is 13.2. The molecule has 146 valence electrons. The molecule has 1 aliphatic rings. The molecule has 0 spiro atoms. The second-order valence-corrected chi connectivity index (χ2v) is 8.26. The molecule has 7 nitrogen and oxygen atoms in total. The molecule has 2 heterocycles. The van der Waals surface area contributed by atoms with Gasteiger partial charge in [0.25, 0.3) is 5.91 Å². The average molecular weight is 451 g/mol. The quantitative estimate of drug-likeness (QED) is 0.497. The van der Waals surface area contributed by atoms with Crippen LogP contribution in [-0.2, 0) is 6.54 Å². The first-order chi connectivity index (χ1) is 14.1. The fourth-order valence-electron chi connectivity index (χ4n) is 3.50. The minimum atomic E-state index is -0.143. The molecule has 0 aliphatic heterocycles. The van der Waals surface area contributed by atoms with E-state index in [9.17, 15) is 4.79 Å². The third-order valence-corrected chi connectivity index (χ3v) is 5.64. The van der Waals surface area contributed by atoms with Gasteiger partial charge in [0.1, 0.15) is 5.82 Å². The van der Waals surface area contributed by atoms with Gasteiger partial charge in [-0.15, -0.1) is 5.10 Å². The number of aromatic nitrogens is 5. The van der Waals surface area contributed by atoms with Crippen LogP contribution in [0.3, 0.4) is 0 Å². The molecule has 0 bridgehead atoms. The smallest absolute Gasteiger partial charge is 0.276 e. The number of H-pyrrole nitrogens is 1. The van der Waals surface area contributed by atoms with E-state index >= 15 is 0 Å². The summed E-state index contributed by atoms with van der Waals surface area (Å²) in [6.45, 7) is 0.378. The van der Waals surface area contributed by atoms with E-state index in [1.807, 2.05) is 48.5 Å². The van der Waals surface area contributed by atoms with Crippen LogP contribution in [0.2, 0.25) is 0 Å². The molecule has 4 aromatic rings. The van der Waals surface area contributed by atoms with Gasteiger partial charge in [0.2, 0.25) is 0 Å². The van der Waals surface area contributed by atoms with Crippen molar-refractivity contribution < 1.29 is 4.79 Å². The molecule has 0 unspecified atom stereocenters. The summed E-state index contributed by atoms with van der Waals surface area (Å²) in [6, 6.07) is 15.7. The molecule has 5 rings (SSSR count). The van der Waals surface area contributed by atoms with Crippen LogP contribution >= 0.6 is 15.9 Å². The highest BCUT2D eigenvalue weighted by atomic mass is 79.9. The lowest BCUT2D eigenvalue weighted by molar-refractivity contribution is 0.0775. The molecule has 8 heteroatoms. The third-order valence-electron chi connectivity index (χ3n) is 5.11. The number of fused-ring (bicyclic) bond motifs is 1. The lowest BCUT2D eigenvalue weighted by Gasteiger charge is -2.15. The number of benzene rings is 2. The molecule has 2 aromatic carbocycles. The van der Waals surface area contributed by atoms with Crippen LogP contribution in [0.4, 0.5) is 0 Å². The lowest BCUT2D eigenvalue weighted by atomic mass is 10.2. The van der Waals surface area contributed by atoms with Crippen LogP contribution in [-0.4, -0.2) is 42.8 Å². The van der Waals surface area contributed by atoms with E-state index in [0.717, 1.165) is 45.6 Å². The second-order valence-electron chi connectivity index (χ2n) is 7.35. The Labute approximate surface area is 175 Å². The zero-order chi connectivity index (χ0) is 20.0. The highest BCUT2D eigenvalue weighted by Gasteiger charge is 2.35. The SMILES string of the molecule is CN(Cc1nc2ccccc2[nH]1)C(=O)c1nnn(-c2ccc(Br)cc2)c1C1CC1. The number of hydrogen-bond acceptors (Lipinski definition) is 4. The summed E-state index contributed by atoms with van der Waals surface area (Å²) in [5, 5.41) is 8.56. The maximum atomic E-state index is 13.2. The number of halogens is 1. The summed E-state index contributed by atoms with van der Waals surface area (Å²) in [5.74, 6) is 0.929. The summed E-state index contributed by atoms with van der Waals surface area (Å²) in [7, 11) is 1.77. The number of hydrogen-bond donors (Lipinski definition) is 1. The van der Waals surface area contributed by atoms with Gasteiger partial charge in [-0.25, -0.2) is 9.67 Å². The fourth-order valence-corrected chi connectivity index (χ4v) is 3.76. The Morgan fingerprint density at radius 3 is 2.69 bits per heavy atom. The summed E-state index contributed by atoms with van der Waals surface area (Å²) in [4.78, 5) is 22.6. The molecule has 1 saturated carbocycles. The normalized spacial score (nSPS) is 13.7. The Morgan fingerprint density at radius 1 is 1.21 bits per heavy atom. The fraction of sp³-hybridized carbons (Fsp3) is 0.238. The number of nitrogens with one attached hydrogen (secondary N) is 1. The number of carbonyl (C=O) groups is 1. The number of aromatic amines is 1. The van der Waals surface area contributed by atoms with E-state index < -0.39 is 0 Å². The van der Waals surface area contributed by atoms with Crippen molar-refractivity contribution in [3.63, 3.8) is 0 Å². The van der Waals surface area contributed by atoms with E-state index in [-0.39, 0.29) is 5.91 Å². The second kappa shape index (κ2) is 7.11. The Morgan fingerprint density at radius 2 is 1.97 bits per heavy atom. The monoisotopic (exact) mass is 450 g/mol. The molecule has 2 aromatic heterocycles. The topological polar surface area (TPSA) is 79.7 Å². The van der Waals surface area contributed by atoms with Crippen molar-refractivity contribution in [3.05, 3.63) is 70.2 Å². The Kier molecular flexibility index (Phi) is 4.43. The summed E-state index contributed by atoms with van der Waals surface area (Å²) >= 11 is 3.45. The maximum Gasteiger partial charge on any atom is 0.276 e. The van der Waals surface area contributed by atoms with Crippen LogP contribution in [0.1, 0.15) is 40.8 Å². The number of carbonyl (C=O) groups excluding carboxylic acids is 1. The van der Waals surface area contributed by atoms with Gasteiger partial charge in [0.15, 0.2) is 5.69 Å². The highest BCUT2D eigenvalue weighted by Crippen LogP contribution is 2.42. The standard InChI is InChI=1S/C21H19BrN6O/c1-27(12-18-23-16-4-2-3-5-17(16)24-18)21(29)19-20(13-6-7-13)28(26-25-19)15-10-8-14(22)9-11-15/h2-5,8-11,13H,6-7,12H2,1H3,(H,23,24). The third kappa shape index (κ3) is 3.44. The first kappa shape index (κ1) is 18.1. The Balaban J connectivity index is 1.43. The average Bonchev–Trinajstić information content (AvgIpc) is 3.33. The largest absolute Gasteiger partial charge is 0.340 e. The van der Waals surface area contributed by atoms with Crippen molar-refractivity contribution in [2.24, 2.45) is 0 Å². The molecule has 0 radical (unpaired) electrons. The van der Waals surface area contributed by atoms with Gasteiger partial charge in [0.05, 0.1) is 29.0 Å². The molecule has 0 atom stereocenters. The number of amides is 1. The Hall–Kier alpha value is -3.00. The molecule has 1 fully saturated rings. The van der Waals surface area contributed by atoms with E-state index in [1.54, 1.807) is 16.6 Å². The van der Waals surface area contributed by atoms with Gasteiger partial charge in [-0.05, 0) is 49.2 Å². The summed E-state index contributed by atoms with van der Waals surface area (Å²) in [6.07, 6.45) is 2.11. The van der Waals surface area contributed by atoms with Gasteiger partial charge < -0.3 is 9.88 Å². The zero-order valence-corrected chi connectivity index (χ0v) is 17.4. The molecule has 1 N–H and O–H groups in total. The minimum Gasteiger partial charge on any atom is -0.340 e. The molecular weight excluding hydrogens is 432 g/mol. The predicted octanol–water partition coefficient (Wildman–Crippen LogP) is 4.06. The minimum absolute atomic E-state index is 0.143. The molecule has 0 saturated heterocycles. The van der Waals surface area contributed by atoms with Crippen LogP contribution in [0.15, 0.2) is 53.0 Å². The van der Waals surface area contributed by atoms with Crippen molar-refractivity contribution in [3.8, 4) is 5.69 Å². The van der Waals surface area contributed by atoms with Crippen molar-refractivity contribution in [2.45, 2.75) is 25.3 Å². The molecule has 1 amide bonds. The van der Waals surface area contributed by atoms with Crippen LogP contribution in [0, 0.1) is 0 Å². The van der Waals surface area contributed by atoms with Gasteiger partial charge >= 0.3 is 0 Å². The van der Waals surface area contributed by atoms with E-state index in [0.29, 0.717) is 18.2 Å². The van der Waals surface area contributed by atoms with Gasteiger partial charge in [0, 0.05) is 17.4 Å². The number of rotatable bonds is 5. The van der Waals surface area contributed by atoms with Crippen LogP contribution < -0.4 is 0 Å². The predicted molar refractivity (Wildman–Crippen MR) is 113 cm³/mol. The molecular formula is C21H19BrN6O. The first-order valence-electron chi connectivity index (χ1n) is 9.51. The summed E-state index contributed by atoms with van der Waals surface area (Å²) < 4.78 is 2.79. The molecule has 29 heavy (non-hydrogen) atoms. The zero-order valence-electron chi connectivity index (χ0n) is 15.8. The van der Waals surface area contributed by atoms with E-state index in [4.69, 9.17) is 0 Å². The van der Waals surface area contributed by atoms with Crippen molar-refractivity contribution in [1.82, 2.24) is 29.9 Å². The first-order valence-corrected chi connectivity index (χ1v) is 10.3. The van der Waals surface area contributed by atoms with E-state index in [2.05, 4.69) is 36.2 Å². The highest BCUT2D eigenvalue weighted by molar-refractivity contribution is 9.10. The number of nitrogens with zero attached hydrogens (tertiary/aromatic N) is 5. The van der Waals surface area contributed by atoms with Gasteiger partial charge in [-0.2, -0.15) is 0 Å². The lowest BCUT2D eigenvalue weighted by Crippen LogP contribution is -2.28. The van der Waals surface area contributed by atoms with Crippen LogP contribution in [0.5, 0.6) is 0 Å². The van der Waals surface area contributed by atoms with E-state index in [1.165, 1.54) is 0 Å². The van der Waals surface area contributed by atoms with Gasteiger partial charge in [-0.1, -0.05) is 33.3 Å².